The molecule has 4 nitrogen and oxygen atoms in total. The van der Waals surface area contributed by atoms with E-state index in [-0.39, 0.29) is 11.9 Å². The zero-order valence-corrected chi connectivity index (χ0v) is 19.7. The maximum atomic E-state index is 13.3. The van der Waals surface area contributed by atoms with E-state index in [1.807, 2.05) is 24.0 Å². The Morgan fingerprint density at radius 1 is 0.788 bits per heavy atom. The summed E-state index contributed by atoms with van der Waals surface area (Å²) in [6, 6.07) is 29.6. The van der Waals surface area contributed by atoms with Gasteiger partial charge >= 0.3 is 0 Å². The summed E-state index contributed by atoms with van der Waals surface area (Å²) in [6.45, 7) is 7.24. The van der Waals surface area contributed by atoms with Crippen LogP contribution in [0.1, 0.15) is 43.0 Å². The lowest BCUT2D eigenvalue weighted by molar-refractivity contribution is -0.140. The second-order valence-electron chi connectivity index (χ2n) is 8.60. The van der Waals surface area contributed by atoms with E-state index in [4.69, 9.17) is 4.74 Å². The molecule has 3 aromatic rings. The van der Waals surface area contributed by atoms with Crippen molar-refractivity contribution in [2.45, 2.75) is 38.8 Å². The molecule has 0 aliphatic carbocycles. The van der Waals surface area contributed by atoms with Gasteiger partial charge < -0.3 is 9.64 Å². The minimum atomic E-state index is -0.442. The predicted molar refractivity (Wildman–Crippen MR) is 133 cm³/mol. The Labute approximate surface area is 197 Å². The number of hydrogen-bond donors (Lipinski definition) is 0. The van der Waals surface area contributed by atoms with Crippen molar-refractivity contribution in [1.82, 2.24) is 9.80 Å². The van der Waals surface area contributed by atoms with E-state index in [2.05, 4.69) is 84.6 Å². The van der Waals surface area contributed by atoms with Crippen molar-refractivity contribution in [1.29, 1.82) is 0 Å². The quantitative estimate of drug-likeness (QED) is 0.472. The standard InChI is InChI=1S/C29H34N2O2/c1-3-23-15-17-26(18-16-23)33-27(4-2)29(32)31-21-19-30(20-22-31)28(24-11-7-5-8-12-24)25-13-9-6-10-14-25/h5-18,27-28H,3-4,19-22H2,1-2H3/t27-/m0/s1. The highest BCUT2D eigenvalue weighted by Crippen LogP contribution is 2.29. The molecule has 33 heavy (non-hydrogen) atoms. The average molecular weight is 443 g/mol. The molecule has 1 fully saturated rings. The topological polar surface area (TPSA) is 32.8 Å². The van der Waals surface area contributed by atoms with Crippen molar-refractivity contribution in [2.75, 3.05) is 26.2 Å². The van der Waals surface area contributed by atoms with E-state index < -0.39 is 6.10 Å². The molecule has 1 aliphatic rings. The number of ether oxygens (including phenoxy) is 1. The van der Waals surface area contributed by atoms with Gasteiger partial charge in [0.25, 0.3) is 5.91 Å². The number of rotatable bonds is 8. The van der Waals surface area contributed by atoms with E-state index in [1.54, 1.807) is 0 Å². The number of benzene rings is 3. The van der Waals surface area contributed by atoms with Crippen LogP contribution in [-0.4, -0.2) is 48.0 Å². The van der Waals surface area contributed by atoms with Gasteiger partial charge in [0.1, 0.15) is 5.75 Å². The van der Waals surface area contributed by atoms with Crippen molar-refractivity contribution < 1.29 is 9.53 Å². The zero-order chi connectivity index (χ0) is 23.0. The Kier molecular flexibility index (Phi) is 7.79. The molecule has 1 saturated heterocycles. The number of nitrogens with zero attached hydrogens (tertiary/aromatic N) is 2. The van der Waals surface area contributed by atoms with Crippen LogP contribution in [0.25, 0.3) is 0 Å². The van der Waals surface area contributed by atoms with Crippen LogP contribution in [0.15, 0.2) is 84.9 Å². The van der Waals surface area contributed by atoms with Crippen LogP contribution in [0.3, 0.4) is 0 Å². The number of hydrogen-bond acceptors (Lipinski definition) is 3. The monoisotopic (exact) mass is 442 g/mol. The van der Waals surface area contributed by atoms with Crippen LogP contribution in [0.5, 0.6) is 5.75 Å². The first-order valence-corrected chi connectivity index (χ1v) is 12.1. The molecule has 0 saturated carbocycles. The summed E-state index contributed by atoms with van der Waals surface area (Å²) in [6.07, 6.45) is 1.21. The fourth-order valence-electron chi connectivity index (χ4n) is 4.57. The third-order valence-electron chi connectivity index (χ3n) is 6.48. The van der Waals surface area contributed by atoms with Crippen molar-refractivity contribution in [3.63, 3.8) is 0 Å². The Morgan fingerprint density at radius 2 is 1.33 bits per heavy atom. The highest BCUT2D eigenvalue weighted by Gasteiger charge is 2.31. The summed E-state index contributed by atoms with van der Waals surface area (Å²) in [5.74, 6) is 0.854. The first kappa shape index (κ1) is 23.1. The smallest absolute Gasteiger partial charge is 0.263 e. The molecule has 0 aromatic heterocycles. The molecule has 0 unspecified atom stereocenters. The van der Waals surface area contributed by atoms with Crippen LogP contribution in [0.2, 0.25) is 0 Å². The van der Waals surface area contributed by atoms with Gasteiger partial charge in [-0.05, 0) is 41.7 Å². The van der Waals surface area contributed by atoms with Gasteiger partial charge in [-0.3, -0.25) is 9.69 Å². The van der Waals surface area contributed by atoms with Gasteiger partial charge in [0.05, 0.1) is 6.04 Å². The summed E-state index contributed by atoms with van der Waals surface area (Å²) in [5.41, 5.74) is 3.84. The Bertz CT molecular complexity index is 957. The number of carbonyl (C=O) groups is 1. The molecule has 1 atom stereocenters. The van der Waals surface area contributed by atoms with E-state index in [1.165, 1.54) is 16.7 Å². The molecular weight excluding hydrogens is 408 g/mol. The maximum Gasteiger partial charge on any atom is 0.263 e. The van der Waals surface area contributed by atoms with Crippen molar-refractivity contribution in [2.24, 2.45) is 0 Å². The lowest BCUT2D eigenvalue weighted by atomic mass is 9.96. The minimum Gasteiger partial charge on any atom is -0.481 e. The van der Waals surface area contributed by atoms with E-state index in [0.717, 1.165) is 25.3 Å². The minimum absolute atomic E-state index is 0.0905. The SMILES string of the molecule is CCc1ccc(O[C@@H](CC)C(=O)N2CCN(C(c3ccccc3)c3ccccc3)CC2)cc1. The van der Waals surface area contributed by atoms with E-state index in [0.29, 0.717) is 19.5 Å². The highest BCUT2D eigenvalue weighted by molar-refractivity contribution is 5.81. The van der Waals surface area contributed by atoms with Gasteiger partial charge in [0.15, 0.2) is 6.10 Å². The lowest BCUT2D eigenvalue weighted by Gasteiger charge is -2.40. The van der Waals surface area contributed by atoms with Crippen LogP contribution in [0, 0.1) is 0 Å². The summed E-state index contributed by atoms with van der Waals surface area (Å²) < 4.78 is 6.09. The van der Waals surface area contributed by atoms with E-state index in [9.17, 15) is 4.79 Å². The summed E-state index contributed by atoms with van der Waals surface area (Å²) in [7, 11) is 0. The second kappa shape index (κ2) is 11.2. The normalized spacial score (nSPS) is 15.4. The van der Waals surface area contributed by atoms with E-state index >= 15 is 0 Å². The number of aryl methyl sites for hydroxylation is 1. The molecule has 3 aromatic carbocycles. The molecule has 4 heteroatoms. The zero-order valence-electron chi connectivity index (χ0n) is 19.7. The molecule has 0 radical (unpaired) electrons. The highest BCUT2D eigenvalue weighted by atomic mass is 16.5. The number of carbonyl (C=O) groups excluding carboxylic acids is 1. The van der Waals surface area contributed by atoms with Crippen LogP contribution in [-0.2, 0) is 11.2 Å². The fraction of sp³-hybridized carbons (Fsp3) is 0.345. The predicted octanol–water partition coefficient (Wildman–Crippen LogP) is 5.34. The van der Waals surface area contributed by atoms with Crippen molar-refractivity contribution in [3.05, 3.63) is 102 Å². The second-order valence-corrected chi connectivity index (χ2v) is 8.60. The average Bonchev–Trinajstić information content (AvgIpc) is 2.89. The molecule has 0 bridgehead atoms. The van der Waals surface area contributed by atoms with Crippen LogP contribution < -0.4 is 4.74 Å². The first-order chi connectivity index (χ1) is 16.2. The molecule has 172 valence electrons. The van der Waals surface area contributed by atoms with Gasteiger partial charge in [-0.15, -0.1) is 0 Å². The van der Waals surface area contributed by atoms with Crippen molar-refractivity contribution in [3.8, 4) is 5.75 Å². The molecule has 4 rings (SSSR count). The van der Waals surface area contributed by atoms with Crippen LogP contribution in [0.4, 0.5) is 0 Å². The Hall–Kier alpha value is -3.11. The molecular formula is C29H34N2O2. The molecule has 1 heterocycles. The molecule has 1 amide bonds. The first-order valence-electron chi connectivity index (χ1n) is 12.1. The van der Waals surface area contributed by atoms with Gasteiger partial charge in [-0.2, -0.15) is 0 Å². The fourth-order valence-corrected chi connectivity index (χ4v) is 4.57. The summed E-state index contributed by atoms with van der Waals surface area (Å²) in [5, 5.41) is 0. The van der Waals surface area contributed by atoms with Gasteiger partial charge in [0, 0.05) is 26.2 Å². The van der Waals surface area contributed by atoms with Crippen molar-refractivity contribution >= 4 is 5.91 Å². The summed E-state index contributed by atoms with van der Waals surface area (Å²) >= 11 is 0. The largest absolute Gasteiger partial charge is 0.481 e. The lowest BCUT2D eigenvalue weighted by Crippen LogP contribution is -2.53. The van der Waals surface area contributed by atoms with Gasteiger partial charge in [-0.25, -0.2) is 0 Å². The third kappa shape index (κ3) is 5.63. The number of amides is 1. The van der Waals surface area contributed by atoms with Gasteiger partial charge in [0.2, 0.25) is 0 Å². The Balaban J connectivity index is 1.42. The maximum absolute atomic E-state index is 13.3. The van der Waals surface area contributed by atoms with Crippen LogP contribution >= 0.6 is 0 Å². The number of piperazine rings is 1. The summed E-state index contributed by atoms with van der Waals surface area (Å²) in [4.78, 5) is 17.7. The van der Waals surface area contributed by atoms with Gasteiger partial charge in [-0.1, -0.05) is 86.6 Å². The third-order valence-corrected chi connectivity index (χ3v) is 6.48. The molecule has 1 aliphatic heterocycles. The molecule has 0 N–H and O–H groups in total. The molecule has 0 spiro atoms. The Morgan fingerprint density at radius 3 is 1.82 bits per heavy atom.